The van der Waals surface area contributed by atoms with Crippen molar-refractivity contribution in [1.29, 1.82) is 0 Å². The first-order valence-corrected chi connectivity index (χ1v) is 20.9. The standard InChI is InChI=1S/C47H47F2N7O6/c1-60-45(58)54-41(32-17-20-61-21-18-32)44(57)56-28-47(48,49)24-40(56)43-51-25-37(52-43)31-11-9-30(10-12-31)33-13-14-35-23-36(16-15-34(35)22-33)38-26-50-42(53-38)39-8-5-19-55(39)46(59)62-27-29-6-3-2-4-7-29/h2-4,6-7,9-16,22-23,25-26,32,39-41H,5,8,17-21,24,27-28H2,1H3,(H,50,53)(H,51,52)(H,54,58)/t39-,40-,41-/m0/s1. The molecular formula is C47H47F2N7O6. The zero-order valence-electron chi connectivity index (χ0n) is 34.2. The van der Waals surface area contributed by atoms with Crippen LogP contribution in [0.4, 0.5) is 18.4 Å². The summed E-state index contributed by atoms with van der Waals surface area (Å²) in [5, 5.41) is 4.72. The van der Waals surface area contributed by atoms with Crippen LogP contribution in [0.1, 0.15) is 61.4 Å². The summed E-state index contributed by atoms with van der Waals surface area (Å²) >= 11 is 0. The van der Waals surface area contributed by atoms with Crippen LogP contribution in [0.3, 0.4) is 0 Å². The number of alkyl halides is 2. The molecule has 9 rings (SSSR count). The molecule has 3 fully saturated rings. The third-order valence-electron chi connectivity index (χ3n) is 12.2. The van der Waals surface area contributed by atoms with Crippen LogP contribution in [0.2, 0.25) is 0 Å². The molecule has 15 heteroatoms. The van der Waals surface area contributed by atoms with E-state index < -0.39 is 43.0 Å². The fourth-order valence-corrected chi connectivity index (χ4v) is 8.90. The highest BCUT2D eigenvalue weighted by molar-refractivity contribution is 5.91. The van der Waals surface area contributed by atoms with Crippen molar-refractivity contribution in [2.45, 2.75) is 62.8 Å². The maximum absolute atomic E-state index is 15.0. The lowest BCUT2D eigenvalue weighted by molar-refractivity contribution is -0.138. The summed E-state index contributed by atoms with van der Waals surface area (Å²) < 4.78 is 45.9. The zero-order valence-corrected chi connectivity index (χ0v) is 34.2. The molecule has 0 unspecified atom stereocenters. The Kier molecular flexibility index (Phi) is 11.4. The summed E-state index contributed by atoms with van der Waals surface area (Å²) in [4.78, 5) is 57.9. The van der Waals surface area contributed by atoms with Crippen molar-refractivity contribution >= 4 is 28.9 Å². The van der Waals surface area contributed by atoms with E-state index in [-0.39, 0.29) is 30.5 Å². The molecule has 3 atom stereocenters. The number of alkyl carbamates (subject to hydrolysis) is 1. The summed E-state index contributed by atoms with van der Waals surface area (Å²) in [6.07, 6.45) is 4.35. The van der Waals surface area contributed by atoms with Crippen molar-refractivity contribution in [2.24, 2.45) is 5.92 Å². The number of nitrogens with one attached hydrogen (secondary N) is 3. The van der Waals surface area contributed by atoms with Gasteiger partial charge in [-0.05, 0) is 76.8 Å². The van der Waals surface area contributed by atoms with E-state index in [1.807, 2.05) is 60.8 Å². The Morgan fingerprint density at radius 2 is 1.44 bits per heavy atom. The first kappa shape index (κ1) is 40.8. The van der Waals surface area contributed by atoms with Gasteiger partial charge in [-0.15, -0.1) is 0 Å². The second kappa shape index (κ2) is 17.4. The Labute approximate surface area is 356 Å². The molecular weight excluding hydrogens is 797 g/mol. The molecule has 0 saturated carbocycles. The average molecular weight is 844 g/mol. The number of methoxy groups -OCH3 is 1. The number of hydrogen-bond acceptors (Lipinski definition) is 8. The number of benzene rings is 4. The number of likely N-dealkylation sites (tertiary alicyclic amines) is 2. The fraction of sp³-hybridized carbons (Fsp3) is 0.340. The molecule has 320 valence electrons. The van der Waals surface area contributed by atoms with Gasteiger partial charge < -0.3 is 34.4 Å². The SMILES string of the molecule is COC(=O)N[C@H](C(=O)N1CC(F)(F)C[C@H]1c1ncc(-c2ccc(-c3ccc4cc(-c5cnc([C@@H]6CCCN6C(=O)OCc6ccccc6)[nH]5)ccc4c3)cc2)[nH]1)C1CCOCC1. The van der Waals surface area contributed by atoms with Gasteiger partial charge in [0.25, 0.3) is 5.92 Å². The zero-order chi connectivity index (χ0) is 42.8. The third-order valence-corrected chi connectivity index (χ3v) is 12.2. The van der Waals surface area contributed by atoms with Crippen molar-refractivity contribution < 1.29 is 37.4 Å². The Hall–Kier alpha value is -6.61. The van der Waals surface area contributed by atoms with Crippen molar-refractivity contribution in [2.75, 3.05) is 33.4 Å². The summed E-state index contributed by atoms with van der Waals surface area (Å²) in [6, 6.07) is 27.8. The third kappa shape index (κ3) is 8.62. The molecule has 13 nitrogen and oxygen atoms in total. The smallest absolute Gasteiger partial charge is 0.410 e. The van der Waals surface area contributed by atoms with Gasteiger partial charge in [0.15, 0.2) is 0 Å². The van der Waals surface area contributed by atoms with Gasteiger partial charge in [0.05, 0.1) is 49.5 Å². The predicted octanol–water partition coefficient (Wildman–Crippen LogP) is 8.82. The van der Waals surface area contributed by atoms with Crippen LogP contribution in [0.25, 0.3) is 44.4 Å². The monoisotopic (exact) mass is 843 g/mol. The van der Waals surface area contributed by atoms with E-state index in [4.69, 9.17) is 14.2 Å². The highest BCUT2D eigenvalue weighted by atomic mass is 19.3. The number of hydrogen-bond donors (Lipinski definition) is 3. The first-order valence-electron chi connectivity index (χ1n) is 20.9. The maximum Gasteiger partial charge on any atom is 0.410 e. The molecule has 4 aromatic carbocycles. The minimum Gasteiger partial charge on any atom is -0.453 e. The van der Waals surface area contributed by atoms with E-state index in [9.17, 15) is 14.4 Å². The number of ether oxygens (including phenoxy) is 3. The number of aromatic amines is 2. The van der Waals surface area contributed by atoms with Crippen LogP contribution < -0.4 is 5.32 Å². The van der Waals surface area contributed by atoms with Gasteiger partial charge in [-0.25, -0.2) is 28.3 Å². The molecule has 3 saturated heterocycles. The van der Waals surface area contributed by atoms with E-state index in [0.29, 0.717) is 38.3 Å². The van der Waals surface area contributed by atoms with Crippen LogP contribution in [-0.2, 0) is 25.6 Å². The molecule has 3 N–H and O–H groups in total. The van der Waals surface area contributed by atoms with Crippen LogP contribution >= 0.6 is 0 Å². The molecule has 3 aliphatic heterocycles. The maximum atomic E-state index is 15.0. The minimum absolute atomic E-state index is 0.184. The number of H-pyrrole nitrogens is 2. The predicted molar refractivity (Wildman–Crippen MR) is 227 cm³/mol. The Balaban J connectivity index is 0.869. The molecule has 5 heterocycles. The number of nitrogens with zero attached hydrogens (tertiary/aromatic N) is 4. The molecule has 3 aliphatic rings. The Morgan fingerprint density at radius 3 is 2.15 bits per heavy atom. The lowest BCUT2D eigenvalue weighted by Gasteiger charge is -2.33. The van der Waals surface area contributed by atoms with Gasteiger partial charge in [-0.1, -0.05) is 78.9 Å². The topological polar surface area (TPSA) is 155 Å². The highest BCUT2D eigenvalue weighted by Gasteiger charge is 2.51. The molecule has 3 amide bonds. The molecule has 62 heavy (non-hydrogen) atoms. The van der Waals surface area contributed by atoms with E-state index in [0.717, 1.165) is 67.8 Å². The van der Waals surface area contributed by atoms with Gasteiger partial charge in [0.1, 0.15) is 24.3 Å². The van der Waals surface area contributed by atoms with Crippen molar-refractivity contribution in [3.05, 3.63) is 121 Å². The van der Waals surface area contributed by atoms with Gasteiger partial charge >= 0.3 is 12.2 Å². The number of fused-ring (bicyclic) bond motifs is 1. The van der Waals surface area contributed by atoms with Crippen LogP contribution in [0, 0.1) is 5.92 Å². The number of rotatable bonds is 10. The van der Waals surface area contributed by atoms with E-state index in [1.165, 1.54) is 7.11 Å². The molecule has 0 aliphatic carbocycles. The summed E-state index contributed by atoms with van der Waals surface area (Å²) in [5.74, 6) is -3.03. The number of amides is 3. The van der Waals surface area contributed by atoms with Crippen molar-refractivity contribution in [3.8, 4) is 33.6 Å². The van der Waals surface area contributed by atoms with Crippen LogP contribution in [0.5, 0.6) is 0 Å². The fourth-order valence-electron chi connectivity index (χ4n) is 8.90. The average Bonchev–Trinajstić information content (AvgIpc) is 4.14. The van der Waals surface area contributed by atoms with Gasteiger partial charge in [0.2, 0.25) is 5.91 Å². The quantitative estimate of drug-likeness (QED) is 0.124. The minimum atomic E-state index is -3.14. The number of carbonyl (C=O) groups excluding carboxylic acids is 3. The second-order valence-corrected chi connectivity index (χ2v) is 16.2. The molecule has 0 radical (unpaired) electrons. The summed E-state index contributed by atoms with van der Waals surface area (Å²) in [7, 11) is 1.20. The van der Waals surface area contributed by atoms with Crippen molar-refractivity contribution in [1.82, 2.24) is 35.1 Å². The number of carbonyl (C=O) groups is 3. The van der Waals surface area contributed by atoms with Crippen molar-refractivity contribution in [3.63, 3.8) is 0 Å². The van der Waals surface area contributed by atoms with Crippen LogP contribution in [0.15, 0.2) is 103 Å². The number of halogens is 2. The van der Waals surface area contributed by atoms with Gasteiger partial charge in [0, 0.05) is 31.7 Å². The second-order valence-electron chi connectivity index (χ2n) is 16.2. The normalized spacial score (nSPS) is 19.4. The highest BCUT2D eigenvalue weighted by Crippen LogP contribution is 2.42. The van der Waals surface area contributed by atoms with E-state index >= 15 is 8.78 Å². The summed E-state index contributed by atoms with van der Waals surface area (Å²) in [6.45, 7) is 0.873. The van der Waals surface area contributed by atoms with E-state index in [2.05, 4.69) is 61.7 Å². The van der Waals surface area contributed by atoms with E-state index in [1.54, 1.807) is 11.1 Å². The van der Waals surface area contributed by atoms with Gasteiger partial charge in [-0.2, -0.15) is 0 Å². The first-order chi connectivity index (χ1) is 30.1. The molecule has 2 aromatic heterocycles. The molecule has 0 spiro atoms. The Morgan fingerprint density at radius 1 is 0.806 bits per heavy atom. The summed E-state index contributed by atoms with van der Waals surface area (Å²) in [5.41, 5.74) is 6.23. The largest absolute Gasteiger partial charge is 0.453 e. The number of aromatic nitrogens is 4. The van der Waals surface area contributed by atoms with Gasteiger partial charge in [-0.3, -0.25) is 9.69 Å². The Bertz CT molecular complexity index is 2560. The molecule has 6 aromatic rings. The lowest BCUT2D eigenvalue weighted by Crippen LogP contribution is -2.53. The molecule has 0 bridgehead atoms. The number of imidazole rings is 2. The lowest BCUT2D eigenvalue weighted by atomic mass is 9.90. The van der Waals surface area contributed by atoms with Crippen LogP contribution in [-0.4, -0.2) is 93.2 Å².